The first kappa shape index (κ1) is 21.3. The minimum atomic E-state index is 0.699. The van der Waals surface area contributed by atoms with Crippen LogP contribution in [0.15, 0.2) is 24.3 Å². The molecule has 5 nitrogen and oxygen atoms in total. The van der Waals surface area contributed by atoms with E-state index >= 15 is 0 Å². The van der Waals surface area contributed by atoms with E-state index in [0.29, 0.717) is 5.11 Å². The van der Waals surface area contributed by atoms with Gasteiger partial charge in [-0.15, -0.1) is 0 Å². The number of thiocarbonyl (C=S) groups is 1. The van der Waals surface area contributed by atoms with Crippen LogP contribution < -0.4 is 15.5 Å². The predicted octanol–water partition coefficient (Wildman–Crippen LogP) is 4.70. The summed E-state index contributed by atoms with van der Waals surface area (Å²) in [7, 11) is 0. The van der Waals surface area contributed by atoms with Crippen LogP contribution in [0, 0.1) is 6.92 Å². The minimum absolute atomic E-state index is 0.699. The van der Waals surface area contributed by atoms with Crippen molar-refractivity contribution in [3.63, 3.8) is 0 Å². The number of pyridine rings is 1. The molecule has 3 heterocycles. The largest absolute Gasteiger partial charge is 0.362 e. The molecule has 2 aliphatic rings. The van der Waals surface area contributed by atoms with Gasteiger partial charge in [-0.05, 0) is 101 Å². The summed E-state index contributed by atoms with van der Waals surface area (Å²) in [5.41, 5.74) is 3.34. The molecule has 0 spiro atoms. The minimum Gasteiger partial charge on any atom is -0.362 e. The van der Waals surface area contributed by atoms with Gasteiger partial charge in [-0.2, -0.15) is 0 Å². The number of aryl methyl sites for hydroxylation is 1. The van der Waals surface area contributed by atoms with Crippen LogP contribution in [0.3, 0.4) is 0 Å². The molecule has 0 atom stereocenters. The van der Waals surface area contributed by atoms with Crippen LogP contribution >= 0.6 is 12.2 Å². The van der Waals surface area contributed by atoms with E-state index in [2.05, 4.69) is 51.6 Å². The zero-order valence-electron chi connectivity index (χ0n) is 18.3. The maximum Gasteiger partial charge on any atom is 0.170 e. The first-order valence-electron chi connectivity index (χ1n) is 11.6. The fraction of sp³-hybridized carbons (Fsp3) is 0.583. The Morgan fingerprint density at radius 2 is 1.73 bits per heavy atom. The lowest BCUT2D eigenvalue weighted by Gasteiger charge is -2.20. The Kier molecular flexibility index (Phi) is 7.39. The highest BCUT2D eigenvalue weighted by Crippen LogP contribution is 2.27. The Hall–Kier alpha value is -1.92. The Balaban J connectivity index is 1.29. The van der Waals surface area contributed by atoms with E-state index in [-0.39, 0.29) is 0 Å². The number of hydrogen-bond acceptors (Lipinski definition) is 4. The summed E-state index contributed by atoms with van der Waals surface area (Å²) in [6.45, 7) is 9.00. The fourth-order valence-electron chi connectivity index (χ4n) is 4.60. The van der Waals surface area contributed by atoms with Gasteiger partial charge in [-0.25, -0.2) is 4.98 Å². The van der Waals surface area contributed by atoms with Crippen molar-refractivity contribution in [2.45, 2.75) is 51.9 Å². The third kappa shape index (κ3) is 5.61. The Labute approximate surface area is 186 Å². The summed E-state index contributed by atoms with van der Waals surface area (Å²) in [5.74, 6) is 1.11. The van der Waals surface area contributed by atoms with Gasteiger partial charge in [-0.1, -0.05) is 12.8 Å². The molecule has 2 aliphatic heterocycles. The standard InChI is InChI=1S/C24H35N5S/c1-19-17-23(29-15-6-7-16-29)27-22-10-9-20(18-21(19)22)26-24(30)25-11-8-14-28-12-4-2-3-5-13-28/h9-10,17-18H,2-8,11-16H2,1H3,(H2,25,26,30). The molecular formula is C24H35N5S. The molecule has 4 rings (SSSR count). The summed E-state index contributed by atoms with van der Waals surface area (Å²) < 4.78 is 0. The highest BCUT2D eigenvalue weighted by molar-refractivity contribution is 7.80. The van der Waals surface area contributed by atoms with Gasteiger partial charge in [0.1, 0.15) is 5.82 Å². The van der Waals surface area contributed by atoms with Crippen LogP contribution in [0.25, 0.3) is 10.9 Å². The molecule has 30 heavy (non-hydrogen) atoms. The first-order chi connectivity index (χ1) is 14.7. The van der Waals surface area contributed by atoms with E-state index in [0.717, 1.165) is 49.6 Å². The number of likely N-dealkylation sites (tertiary alicyclic amines) is 1. The molecule has 2 N–H and O–H groups in total. The Morgan fingerprint density at radius 1 is 1.00 bits per heavy atom. The maximum absolute atomic E-state index is 5.52. The molecule has 2 aromatic rings. The molecule has 162 valence electrons. The highest BCUT2D eigenvalue weighted by atomic mass is 32.1. The molecule has 0 amide bonds. The number of nitrogens with zero attached hydrogens (tertiary/aromatic N) is 3. The third-order valence-electron chi connectivity index (χ3n) is 6.33. The van der Waals surface area contributed by atoms with Crippen molar-refractivity contribution in [2.75, 3.05) is 49.5 Å². The topological polar surface area (TPSA) is 43.4 Å². The molecular weight excluding hydrogens is 390 g/mol. The van der Waals surface area contributed by atoms with Crippen molar-refractivity contribution in [3.05, 3.63) is 29.8 Å². The maximum atomic E-state index is 5.52. The number of benzene rings is 1. The number of hydrogen-bond donors (Lipinski definition) is 2. The average molecular weight is 426 g/mol. The van der Waals surface area contributed by atoms with E-state index in [1.807, 2.05) is 0 Å². The van der Waals surface area contributed by atoms with E-state index < -0.39 is 0 Å². The summed E-state index contributed by atoms with van der Waals surface area (Å²) in [6.07, 6.45) is 9.15. The van der Waals surface area contributed by atoms with Crippen LogP contribution in [-0.2, 0) is 0 Å². The van der Waals surface area contributed by atoms with Gasteiger partial charge in [0.2, 0.25) is 0 Å². The first-order valence-corrected chi connectivity index (χ1v) is 12.0. The molecule has 6 heteroatoms. The lowest BCUT2D eigenvalue weighted by Crippen LogP contribution is -2.32. The van der Waals surface area contributed by atoms with Crippen LogP contribution in [0.2, 0.25) is 0 Å². The van der Waals surface area contributed by atoms with Crippen molar-refractivity contribution in [2.24, 2.45) is 0 Å². The van der Waals surface area contributed by atoms with Crippen LogP contribution in [0.5, 0.6) is 0 Å². The van der Waals surface area contributed by atoms with E-state index in [4.69, 9.17) is 17.2 Å². The predicted molar refractivity (Wildman–Crippen MR) is 132 cm³/mol. The number of rotatable bonds is 6. The van der Waals surface area contributed by atoms with Gasteiger partial charge < -0.3 is 20.4 Å². The molecule has 2 fully saturated rings. The second-order valence-electron chi connectivity index (χ2n) is 8.71. The normalized spacial score (nSPS) is 17.8. The average Bonchev–Trinajstić information content (AvgIpc) is 3.16. The molecule has 1 aromatic heterocycles. The molecule has 1 aromatic carbocycles. The summed E-state index contributed by atoms with van der Waals surface area (Å²) >= 11 is 5.52. The van der Waals surface area contributed by atoms with Crippen molar-refractivity contribution >= 4 is 39.7 Å². The lowest BCUT2D eigenvalue weighted by molar-refractivity contribution is 0.282. The van der Waals surface area contributed by atoms with Gasteiger partial charge in [0, 0.05) is 30.7 Å². The van der Waals surface area contributed by atoms with Crippen molar-refractivity contribution in [3.8, 4) is 0 Å². The number of fused-ring (bicyclic) bond motifs is 1. The quantitative estimate of drug-likeness (QED) is 0.517. The van der Waals surface area contributed by atoms with Gasteiger partial charge in [0.15, 0.2) is 5.11 Å². The zero-order valence-corrected chi connectivity index (χ0v) is 19.1. The van der Waals surface area contributed by atoms with Crippen LogP contribution in [0.1, 0.15) is 50.5 Å². The van der Waals surface area contributed by atoms with Gasteiger partial charge in [-0.3, -0.25) is 0 Å². The van der Waals surface area contributed by atoms with Crippen LogP contribution in [-0.4, -0.2) is 54.3 Å². The molecule has 0 saturated carbocycles. The van der Waals surface area contributed by atoms with Crippen molar-refractivity contribution in [1.82, 2.24) is 15.2 Å². The highest BCUT2D eigenvalue weighted by Gasteiger charge is 2.15. The van der Waals surface area contributed by atoms with Crippen molar-refractivity contribution < 1.29 is 0 Å². The van der Waals surface area contributed by atoms with Crippen molar-refractivity contribution in [1.29, 1.82) is 0 Å². The smallest absolute Gasteiger partial charge is 0.170 e. The molecule has 0 radical (unpaired) electrons. The Bertz CT molecular complexity index is 854. The van der Waals surface area contributed by atoms with E-state index in [9.17, 15) is 0 Å². The van der Waals surface area contributed by atoms with E-state index in [1.165, 1.54) is 62.6 Å². The summed E-state index contributed by atoms with van der Waals surface area (Å²) in [4.78, 5) is 9.89. The van der Waals surface area contributed by atoms with Crippen LogP contribution in [0.4, 0.5) is 11.5 Å². The van der Waals surface area contributed by atoms with Gasteiger partial charge in [0.05, 0.1) is 5.52 Å². The monoisotopic (exact) mass is 425 g/mol. The SMILES string of the molecule is Cc1cc(N2CCCC2)nc2ccc(NC(=S)NCCCN3CCCCCC3)cc12. The molecule has 2 saturated heterocycles. The zero-order chi connectivity index (χ0) is 20.8. The molecule has 0 unspecified atom stereocenters. The number of anilines is 2. The second-order valence-corrected chi connectivity index (χ2v) is 9.12. The molecule has 0 bridgehead atoms. The van der Waals surface area contributed by atoms with Gasteiger partial charge >= 0.3 is 0 Å². The van der Waals surface area contributed by atoms with Gasteiger partial charge in [0.25, 0.3) is 0 Å². The number of nitrogens with one attached hydrogen (secondary N) is 2. The summed E-state index contributed by atoms with van der Waals surface area (Å²) in [5, 5.41) is 8.60. The Morgan fingerprint density at radius 3 is 2.50 bits per heavy atom. The second kappa shape index (κ2) is 10.4. The lowest BCUT2D eigenvalue weighted by atomic mass is 10.1. The number of aromatic nitrogens is 1. The third-order valence-corrected chi connectivity index (χ3v) is 6.57. The molecule has 0 aliphatic carbocycles. The fourth-order valence-corrected chi connectivity index (χ4v) is 4.82. The summed E-state index contributed by atoms with van der Waals surface area (Å²) in [6, 6.07) is 8.56. The van der Waals surface area contributed by atoms with E-state index in [1.54, 1.807) is 0 Å².